The average molecular weight is 303 g/mol. The summed E-state index contributed by atoms with van der Waals surface area (Å²) in [7, 11) is 0. The van der Waals surface area contributed by atoms with E-state index in [0.717, 1.165) is 0 Å². The SMILES string of the molecule is CC1NC(C(=O)OC(=O)[C@@H](N)CCCN=C(N)N)CS1. The van der Waals surface area contributed by atoms with Crippen LogP contribution in [-0.4, -0.2) is 47.7 Å². The van der Waals surface area contributed by atoms with Crippen LogP contribution >= 0.6 is 11.8 Å². The van der Waals surface area contributed by atoms with Crippen LogP contribution in [0.5, 0.6) is 0 Å². The number of thioether (sulfide) groups is 1. The van der Waals surface area contributed by atoms with Gasteiger partial charge in [0.1, 0.15) is 12.1 Å². The molecule has 2 unspecified atom stereocenters. The number of nitrogens with zero attached hydrogens (tertiary/aromatic N) is 1. The van der Waals surface area contributed by atoms with Gasteiger partial charge in [-0.15, -0.1) is 11.8 Å². The Morgan fingerprint density at radius 3 is 2.75 bits per heavy atom. The van der Waals surface area contributed by atoms with E-state index in [1.165, 1.54) is 0 Å². The van der Waals surface area contributed by atoms with Gasteiger partial charge in [-0.2, -0.15) is 0 Å². The molecule has 0 aromatic carbocycles. The van der Waals surface area contributed by atoms with Crippen molar-refractivity contribution >= 4 is 29.7 Å². The summed E-state index contributed by atoms with van der Waals surface area (Å²) in [5.41, 5.74) is 16.0. The van der Waals surface area contributed by atoms with Crippen LogP contribution in [0, 0.1) is 0 Å². The minimum atomic E-state index is -0.848. The molecule has 3 atom stereocenters. The molecule has 0 spiro atoms. The third kappa shape index (κ3) is 5.76. The van der Waals surface area contributed by atoms with Crippen molar-refractivity contribution in [1.29, 1.82) is 0 Å². The van der Waals surface area contributed by atoms with Gasteiger partial charge in [-0.25, -0.2) is 9.59 Å². The molecule has 0 amide bonds. The minimum Gasteiger partial charge on any atom is -0.391 e. The first-order valence-corrected chi connectivity index (χ1v) is 7.39. The van der Waals surface area contributed by atoms with Crippen LogP contribution in [0.1, 0.15) is 19.8 Å². The van der Waals surface area contributed by atoms with Gasteiger partial charge in [-0.3, -0.25) is 10.3 Å². The van der Waals surface area contributed by atoms with Crippen molar-refractivity contribution in [3.05, 3.63) is 0 Å². The Labute approximate surface area is 121 Å². The van der Waals surface area contributed by atoms with E-state index in [9.17, 15) is 9.59 Å². The van der Waals surface area contributed by atoms with E-state index in [4.69, 9.17) is 21.9 Å². The van der Waals surface area contributed by atoms with Gasteiger partial charge in [0.2, 0.25) is 0 Å². The second-order valence-electron chi connectivity index (χ2n) is 4.49. The van der Waals surface area contributed by atoms with Crippen LogP contribution < -0.4 is 22.5 Å². The Morgan fingerprint density at radius 2 is 2.20 bits per heavy atom. The zero-order valence-electron chi connectivity index (χ0n) is 11.4. The molecule has 1 rings (SSSR count). The van der Waals surface area contributed by atoms with E-state index in [2.05, 4.69) is 10.3 Å². The Hall–Kier alpha value is -1.32. The highest BCUT2D eigenvalue weighted by molar-refractivity contribution is 8.00. The van der Waals surface area contributed by atoms with E-state index >= 15 is 0 Å². The van der Waals surface area contributed by atoms with Crippen LogP contribution in [0.15, 0.2) is 4.99 Å². The quantitative estimate of drug-likeness (QED) is 0.152. The van der Waals surface area contributed by atoms with Crippen molar-refractivity contribution in [2.75, 3.05) is 12.3 Å². The first kappa shape index (κ1) is 16.7. The van der Waals surface area contributed by atoms with E-state index in [1.54, 1.807) is 11.8 Å². The number of ether oxygens (including phenoxy) is 1. The standard InChI is InChI=1S/C11H21N5O3S/c1-6-16-8(5-20-6)10(18)19-9(17)7(12)3-2-4-15-11(13)14/h6-8,16H,2-5,12H2,1H3,(H4,13,14,15)/t6?,7-,8?/m0/s1. The summed E-state index contributed by atoms with van der Waals surface area (Å²) in [6.07, 6.45) is 0.892. The molecule has 1 saturated heterocycles. The Morgan fingerprint density at radius 1 is 1.50 bits per heavy atom. The van der Waals surface area contributed by atoms with Gasteiger partial charge < -0.3 is 21.9 Å². The number of nitrogens with one attached hydrogen (secondary N) is 1. The lowest BCUT2D eigenvalue weighted by atomic mass is 10.2. The van der Waals surface area contributed by atoms with Crippen molar-refractivity contribution in [2.24, 2.45) is 22.2 Å². The maximum Gasteiger partial charge on any atom is 0.331 e. The smallest absolute Gasteiger partial charge is 0.331 e. The molecule has 8 nitrogen and oxygen atoms in total. The predicted molar refractivity (Wildman–Crippen MR) is 77.8 cm³/mol. The van der Waals surface area contributed by atoms with Gasteiger partial charge in [0.25, 0.3) is 0 Å². The van der Waals surface area contributed by atoms with Gasteiger partial charge in [0, 0.05) is 12.3 Å². The lowest BCUT2D eigenvalue weighted by Crippen LogP contribution is -2.41. The monoisotopic (exact) mass is 303 g/mol. The van der Waals surface area contributed by atoms with Crippen molar-refractivity contribution in [2.45, 2.75) is 37.2 Å². The largest absolute Gasteiger partial charge is 0.391 e. The van der Waals surface area contributed by atoms with Gasteiger partial charge in [0.05, 0.1) is 5.37 Å². The van der Waals surface area contributed by atoms with Crippen LogP contribution in [0.2, 0.25) is 0 Å². The molecule has 1 aliphatic heterocycles. The second kappa shape index (κ2) is 8.08. The zero-order valence-corrected chi connectivity index (χ0v) is 12.2. The maximum atomic E-state index is 11.7. The molecule has 7 N–H and O–H groups in total. The molecule has 0 aromatic rings. The number of hydrogen-bond acceptors (Lipinski definition) is 7. The number of carbonyl (C=O) groups is 2. The van der Waals surface area contributed by atoms with E-state index in [0.29, 0.717) is 25.1 Å². The fraction of sp³-hybridized carbons (Fsp3) is 0.727. The first-order chi connectivity index (χ1) is 9.40. The molecule has 0 saturated carbocycles. The highest BCUT2D eigenvalue weighted by atomic mass is 32.2. The summed E-state index contributed by atoms with van der Waals surface area (Å²) >= 11 is 1.60. The number of hydrogen-bond donors (Lipinski definition) is 4. The average Bonchev–Trinajstić information content (AvgIpc) is 2.80. The van der Waals surface area contributed by atoms with E-state index in [-0.39, 0.29) is 11.3 Å². The van der Waals surface area contributed by atoms with Crippen molar-refractivity contribution in [3.8, 4) is 0 Å². The van der Waals surface area contributed by atoms with Crippen LogP contribution in [0.25, 0.3) is 0 Å². The number of guanidine groups is 1. The molecule has 114 valence electrons. The minimum absolute atomic E-state index is 0.00440. The van der Waals surface area contributed by atoms with Crippen LogP contribution in [-0.2, 0) is 14.3 Å². The topological polar surface area (TPSA) is 146 Å². The van der Waals surface area contributed by atoms with Crippen LogP contribution in [0.4, 0.5) is 0 Å². The van der Waals surface area contributed by atoms with Gasteiger partial charge in [-0.1, -0.05) is 0 Å². The number of nitrogens with two attached hydrogens (primary N) is 3. The molecule has 0 aromatic heterocycles. The molecule has 0 radical (unpaired) electrons. The lowest BCUT2D eigenvalue weighted by molar-refractivity contribution is -0.161. The summed E-state index contributed by atoms with van der Waals surface area (Å²) in [4.78, 5) is 27.1. The summed E-state index contributed by atoms with van der Waals surface area (Å²) in [5, 5.41) is 3.19. The highest BCUT2D eigenvalue weighted by Gasteiger charge is 2.30. The fourth-order valence-corrected chi connectivity index (χ4v) is 2.61. The van der Waals surface area contributed by atoms with Gasteiger partial charge >= 0.3 is 11.9 Å². The molecule has 0 bridgehead atoms. The number of aliphatic imine (C=N–C) groups is 1. The summed E-state index contributed by atoms with van der Waals surface area (Å²) in [6, 6.07) is -1.30. The summed E-state index contributed by atoms with van der Waals surface area (Å²) in [6.45, 7) is 2.32. The molecule has 1 heterocycles. The Kier molecular flexibility index (Phi) is 6.76. The molecule has 9 heteroatoms. The fourth-order valence-electron chi connectivity index (χ4n) is 1.64. The number of esters is 2. The van der Waals surface area contributed by atoms with Crippen molar-refractivity contribution < 1.29 is 14.3 Å². The summed E-state index contributed by atoms with van der Waals surface area (Å²) < 4.78 is 4.76. The van der Waals surface area contributed by atoms with Crippen LogP contribution in [0.3, 0.4) is 0 Å². The predicted octanol–water partition coefficient (Wildman–Crippen LogP) is -1.51. The first-order valence-electron chi connectivity index (χ1n) is 6.34. The number of carbonyl (C=O) groups excluding carboxylic acids is 2. The van der Waals surface area contributed by atoms with Gasteiger partial charge in [0.15, 0.2) is 5.96 Å². The van der Waals surface area contributed by atoms with E-state index in [1.807, 2.05) is 6.92 Å². The molecule has 1 fully saturated rings. The second-order valence-corrected chi connectivity index (χ2v) is 5.86. The third-order valence-corrected chi connectivity index (χ3v) is 3.87. The maximum absolute atomic E-state index is 11.7. The van der Waals surface area contributed by atoms with Gasteiger partial charge in [-0.05, 0) is 19.8 Å². The molecule has 20 heavy (non-hydrogen) atoms. The molecular weight excluding hydrogens is 282 g/mol. The van der Waals surface area contributed by atoms with Crippen molar-refractivity contribution in [1.82, 2.24) is 5.32 Å². The molecule has 0 aliphatic carbocycles. The zero-order chi connectivity index (χ0) is 15.1. The van der Waals surface area contributed by atoms with Crippen molar-refractivity contribution in [3.63, 3.8) is 0 Å². The molecule has 1 aliphatic rings. The lowest BCUT2D eigenvalue weighted by Gasteiger charge is -2.12. The Bertz CT molecular complexity index is 386. The Balaban J connectivity index is 2.27. The highest BCUT2D eigenvalue weighted by Crippen LogP contribution is 2.18. The summed E-state index contributed by atoms with van der Waals surface area (Å²) in [5.74, 6) is -0.708. The molecular formula is C11H21N5O3S. The number of rotatable bonds is 6. The van der Waals surface area contributed by atoms with E-state index < -0.39 is 24.0 Å². The third-order valence-electron chi connectivity index (χ3n) is 2.70. The normalized spacial score (nSPS) is 23.1.